The lowest BCUT2D eigenvalue weighted by Gasteiger charge is -2.33. The van der Waals surface area contributed by atoms with Gasteiger partial charge in [-0.25, -0.2) is 0 Å². The van der Waals surface area contributed by atoms with E-state index in [-0.39, 0.29) is 46.7 Å². The number of piperidine rings is 1. The molecule has 0 spiro atoms. The number of benzene rings is 2. The molecule has 208 valence electrons. The van der Waals surface area contributed by atoms with Crippen LogP contribution in [-0.4, -0.2) is 52.0 Å². The van der Waals surface area contributed by atoms with E-state index >= 15 is 0 Å². The molecule has 0 unspecified atom stereocenters. The minimum absolute atomic E-state index is 0.0137. The molecule has 9 heteroatoms. The molecular weight excluding hydrogens is 518 g/mol. The molecule has 0 aliphatic carbocycles. The lowest BCUT2D eigenvalue weighted by molar-refractivity contribution is 0.0918. The highest BCUT2D eigenvalue weighted by molar-refractivity contribution is 6.12. The second kappa shape index (κ2) is 10.9. The van der Waals surface area contributed by atoms with E-state index in [0.29, 0.717) is 16.6 Å². The highest BCUT2D eigenvalue weighted by Gasteiger charge is 2.30. The van der Waals surface area contributed by atoms with Crippen molar-refractivity contribution in [3.05, 3.63) is 101 Å². The number of fused-ring (bicyclic) bond motifs is 3. The van der Waals surface area contributed by atoms with Crippen LogP contribution >= 0.6 is 0 Å². The van der Waals surface area contributed by atoms with Crippen LogP contribution in [0.1, 0.15) is 33.7 Å². The van der Waals surface area contributed by atoms with Gasteiger partial charge in [0.1, 0.15) is 5.39 Å². The number of amides is 1. The third-order valence-corrected chi connectivity index (χ3v) is 7.93. The summed E-state index contributed by atoms with van der Waals surface area (Å²) in [5.74, 6) is -0.257. The summed E-state index contributed by atoms with van der Waals surface area (Å²) in [5.41, 5.74) is 2.78. The molecule has 41 heavy (non-hydrogen) atoms. The summed E-state index contributed by atoms with van der Waals surface area (Å²) in [4.78, 5) is 47.3. The molecule has 0 saturated carbocycles. The molecule has 4 heterocycles. The van der Waals surface area contributed by atoms with Crippen molar-refractivity contribution in [2.24, 2.45) is 7.05 Å². The molecule has 1 fully saturated rings. The smallest absolute Gasteiger partial charge is 0.272 e. The molecule has 1 N–H and O–H groups in total. The first-order valence-corrected chi connectivity index (χ1v) is 13.7. The van der Waals surface area contributed by atoms with Gasteiger partial charge in [-0.3, -0.25) is 23.9 Å². The number of hydrogen-bond donors (Lipinski definition) is 1. The first kappa shape index (κ1) is 26.3. The Kier molecular flexibility index (Phi) is 7.01. The van der Waals surface area contributed by atoms with Crippen LogP contribution in [0, 0.1) is 0 Å². The molecule has 9 nitrogen and oxygen atoms in total. The number of aryl methyl sites for hydroxylation is 1. The van der Waals surface area contributed by atoms with Gasteiger partial charge in [0.05, 0.1) is 24.7 Å². The number of methoxy groups -OCH3 is 1. The third-order valence-electron chi connectivity index (χ3n) is 7.93. The van der Waals surface area contributed by atoms with Gasteiger partial charge < -0.3 is 19.5 Å². The van der Waals surface area contributed by atoms with Crippen LogP contribution in [-0.2, 0) is 13.6 Å². The number of rotatable bonds is 7. The van der Waals surface area contributed by atoms with E-state index < -0.39 is 0 Å². The molecular formula is C32H31N5O4. The van der Waals surface area contributed by atoms with Gasteiger partial charge in [-0.1, -0.05) is 48.5 Å². The zero-order valence-corrected chi connectivity index (χ0v) is 23.0. The number of ketones is 1. The molecule has 1 aliphatic heterocycles. The minimum Gasteiger partial charge on any atom is -0.493 e. The monoisotopic (exact) mass is 549 g/mol. The van der Waals surface area contributed by atoms with Crippen LogP contribution < -0.4 is 20.5 Å². The van der Waals surface area contributed by atoms with Crippen molar-refractivity contribution in [1.29, 1.82) is 0 Å². The highest BCUT2D eigenvalue weighted by atomic mass is 16.5. The SMILES string of the molecule is COc1c(C(=O)NC2CCN(c3ccncc3)CC2)n(C)c2c1c(=O)n(CC(=O)c1ccccc1)c1ccccc21. The maximum Gasteiger partial charge on any atom is 0.272 e. The quantitative estimate of drug-likeness (QED) is 0.306. The van der Waals surface area contributed by atoms with E-state index in [1.807, 2.05) is 42.5 Å². The van der Waals surface area contributed by atoms with Gasteiger partial charge in [-0.15, -0.1) is 0 Å². The number of ether oxygens (including phenoxy) is 1. The first-order chi connectivity index (χ1) is 20.0. The molecule has 3 aromatic heterocycles. The predicted octanol–water partition coefficient (Wildman–Crippen LogP) is 4.18. The minimum atomic E-state index is -0.375. The number of Topliss-reactive ketones (excluding diaryl/α,β-unsaturated/α-hetero) is 1. The van der Waals surface area contributed by atoms with Crippen LogP contribution in [0.4, 0.5) is 5.69 Å². The molecule has 1 aliphatic rings. The molecule has 0 atom stereocenters. The van der Waals surface area contributed by atoms with Crippen molar-refractivity contribution >= 4 is 39.2 Å². The Morgan fingerprint density at radius 2 is 1.66 bits per heavy atom. The fraction of sp³-hybridized carbons (Fsp3) is 0.250. The van der Waals surface area contributed by atoms with E-state index in [9.17, 15) is 14.4 Å². The average molecular weight is 550 g/mol. The summed E-state index contributed by atoms with van der Waals surface area (Å²) >= 11 is 0. The number of para-hydroxylation sites is 1. The summed E-state index contributed by atoms with van der Waals surface area (Å²) in [6.07, 6.45) is 5.14. The Hall–Kier alpha value is -4.92. The van der Waals surface area contributed by atoms with Crippen LogP contribution in [0.5, 0.6) is 5.75 Å². The zero-order valence-electron chi connectivity index (χ0n) is 23.0. The maximum absolute atomic E-state index is 14.0. The molecule has 6 rings (SSSR count). The molecule has 1 amide bonds. The van der Waals surface area contributed by atoms with E-state index in [1.54, 1.807) is 48.3 Å². The lowest BCUT2D eigenvalue weighted by atomic mass is 10.0. The molecule has 5 aromatic rings. The van der Waals surface area contributed by atoms with E-state index in [1.165, 1.54) is 11.7 Å². The van der Waals surface area contributed by atoms with Crippen molar-refractivity contribution in [2.75, 3.05) is 25.1 Å². The third kappa shape index (κ3) is 4.73. The normalized spacial score (nSPS) is 14.0. The number of hydrogen-bond acceptors (Lipinski definition) is 6. The summed E-state index contributed by atoms with van der Waals surface area (Å²) in [5, 5.41) is 4.22. The Labute approximate surface area is 237 Å². The van der Waals surface area contributed by atoms with E-state index in [0.717, 1.165) is 37.0 Å². The van der Waals surface area contributed by atoms with Gasteiger partial charge >= 0.3 is 0 Å². The van der Waals surface area contributed by atoms with Crippen LogP contribution in [0.3, 0.4) is 0 Å². The van der Waals surface area contributed by atoms with Crippen molar-refractivity contribution in [3.63, 3.8) is 0 Å². The second-order valence-corrected chi connectivity index (χ2v) is 10.3. The van der Waals surface area contributed by atoms with Crippen LogP contribution in [0.2, 0.25) is 0 Å². The summed E-state index contributed by atoms with van der Waals surface area (Å²) in [7, 11) is 3.24. The number of aromatic nitrogens is 3. The largest absolute Gasteiger partial charge is 0.493 e. The van der Waals surface area contributed by atoms with Crippen LogP contribution in [0.25, 0.3) is 21.8 Å². The van der Waals surface area contributed by atoms with Gasteiger partial charge in [0.2, 0.25) is 0 Å². The van der Waals surface area contributed by atoms with Gasteiger partial charge in [0.25, 0.3) is 11.5 Å². The molecule has 2 aromatic carbocycles. The Morgan fingerprint density at radius 3 is 2.37 bits per heavy atom. The fourth-order valence-corrected chi connectivity index (χ4v) is 5.89. The number of nitrogens with one attached hydrogen (secondary N) is 1. The lowest BCUT2D eigenvalue weighted by Crippen LogP contribution is -2.45. The topological polar surface area (TPSA) is 98.5 Å². The van der Waals surface area contributed by atoms with E-state index in [4.69, 9.17) is 4.74 Å². The first-order valence-electron chi connectivity index (χ1n) is 13.7. The van der Waals surface area contributed by atoms with E-state index in [2.05, 4.69) is 15.2 Å². The van der Waals surface area contributed by atoms with Crippen molar-refractivity contribution < 1.29 is 14.3 Å². The number of anilines is 1. The van der Waals surface area contributed by atoms with Gasteiger partial charge in [0.15, 0.2) is 17.2 Å². The number of carbonyl (C=O) groups excluding carboxylic acids is 2. The molecule has 0 bridgehead atoms. The van der Waals surface area contributed by atoms with Crippen molar-refractivity contribution in [3.8, 4) is 5.75 Å². The summed E-state index contributed by atoms with van der Waals surface area (Å²) < 4.78 is 8.96. The zero-order chi connectivity index (χ0) is 28.5. The van der Waals surface area contributed by atoms with Gasteiger partial charge in [-0.05, 0) is 31.0 Å². The summed E-state index contributed by atoms with van der Waals surface area (Å²) in [6, 6.07) is 20.3. The van der Waals surface area contributed by atoms with Crippen molar-refractivity contribution in [2.45, 2.75) is 25.4 Å². The Morgan fingerprint density at radius 1 is 0.976 bits per heavy atom. The fourth-order valence-electron chi connectivity index (χ4n) is 5.89. The van der Waals surface area contributed by atoms with Gasteiger partial charge in [0, 0.05) is 55.2 Å². The van der Waals surface area contributed by atoms with Crippen molar-refractivity contribution in [1.82, 2.24) is 19.4 Å². The summed E-state index contributed by atoms with van der Waals surface area (Å²) in [6.45, 7) is 1.49. The standard InChI is InChI=1S/C32H31N5O4/c1-35-28-24-10-6-7-11-25(24)37(20-26(38)21-8-4-3-5-9-21)32(40)27(28)30(41-2)29(35)31(39)34-22-14-18-36(19-15-22)23-12-16-33-17-13-23/h3-13,16-17,22H,14-15,18-20H2,1-2H3,(H,34,39). The Balaban J connectivity index is 1.36. The molecule has 0 radical (unpaired) electrons. The maximum atomic E-state index is 14.0. The number of carbonyl (C=O) groups is 2. The second-order valence-electron chi connectivity index (χ2n) is 10.3. The number of pyridine rings is 2. The Bertz CT molecular complexity index is 1800. The predicted molar refractivity (Wildman–Crippen MR) is 159 cm³/mol. The highest BCUT2D eigenvalue weighted by Crippen LogP contribution is 2.35. The van der Waals surface area contributed by atoms with Crippen LogP contribution in [0.15, 0.2) is 83.9 Å². The number of nitrogens with zero attached hydrogens (tertiary/aromatic N) is 4. The molecule has 1 saturated heterocycles. The average Bonchev–Trinajstić information content (AvgIpc) is 3.32. The van der Waals surface area contributed by atoms with Gasteiger partial charge in [-0.2, -0.15) is 0 Å².